The van der Waals surface area contributed by atoms with Crippen LogP contribution in [0.3, 0.4) is 0 Å². The largest absolute Gasteiger partial charge is 0.397 e. The zero-order valence-electron chi connectivity index (χ0n) is 71.3. The smallest absolute Gasteiger partial charge is 0.394 e. The second kappa shape index (κ2) is 47.3. The second-order valence-corrected chi connectivity index (χ2v) is 34.0. The molecule has 59 nitrogen and oxygen atoms in total. The van der Waals surface area contributed by atoms with Crippen LogP contribution in [0.5, 0.6) is 0 Å². The van der Waals surface area contributed by atoms with Gasteiger partial charge in [-0.15, -0.1) is 0 Å². The van der Waals surface area contributed by atoms with Gasteiger partial charge in [-0.05, 0) is 6.92 Å². The second-order valence-electron chi connectivity index (χ2n) is 33.0. The number of hydrogen-bond acceptors (Lipinski definition) is 52. The van der Waals surface area contributed by atoms with Gasteiger partial charge in [-0.1, -0.05) is 0 Å². The molecule has 0 aromatic carbocycles. The summed E-state index contributed by atoms with van der Waals surface area (Å²) in [5.41, 5.74) is 0. The highest BCUT2D eigenvalue weighted by molar-refractivity contribution is 7.80. The number of carbonyl (C=O) groups is 6. The van der Waals surface area contributed by atoms with E-state index in [4.69, 9.17) is 90.0 Å². The molecule has 0 aliphatic carbocycles. The SMILES string of the molecule is CC(=O)N[C@@H]1[C@H](O[C@@H]2[C@@H](O[C@@H]3[C@H](O)[C@H](O[C@H]4[C@H](O)[C@@H](NC(C)=O)[C@H](O[C@H]5[C@H](O)[C@@H](NC(C)=O)[C@H](O)O[C@@H]5CO[C@@H]5O[C@@H](C)[C@@H](O)[C@@H](O)[C@@H]5O)O[C@@H]4CO)O[C@H](CO[C@H]4O[C@H](CO)[C@@H](O)[C@H](O)[C@@H]4O[C@@H]4O[C@H](CO)[C@@H](O[C@@H]5O[C@H](CO)[C@H](O)[C@H](O)[C@H]5NC(C)=O)[C@H](O)[C@H]4NC(C)=O)[C@H]3O)O[C@H](CO)[C@@H](O)[C@@H]2O)O[C@H](CO)[C@@H](O[C@@H]2O[C@H](CO)[C@H](OS(=O)(=O)O)[C@H](O)[C@H]2NC(C)=O)[C@@H]1O. The molecule has 0 spiro atoms. The third-order valence-electron chi connectivity index (χ3n) is 23.4. The van der Waals surface area contributed by atoms with E-state index in [9.17, 15) is 164 Å². The summed E-state index contributed by atoms with van der Waals surface area (Å²) in [5, 5.41) is 287. The number of nitrogens with one attached hydrogen (secondary N) is 6. The molecule has 10 aliphatic rings. The van der Waals surface area contributed by atoms with Crippen LogP contribution < -0.4 is 31.9 Å². The van der Waals surface area contributed by atoms with Crippen LogP contribution in [-0.4, -0.2) is 537 Å². The van der Waals surface area contributed by atoms with Crippen LogP contribution in [0.1, 0.15) is 48.5 Å². The van der Waals surface area contributed by atoms with Crippen LogP contribution >= 0.6 is 0 Å². The molecule has 762 valence electrons. The van der Waals surface area contributed by atoms with Crippen LogP contribution in [-0.2, 0) is 133 Å². The molecule has 10 saturated heterocycles. The molecule has 0 aromatic heterocycles. The molecule has 0 bridgehead atoms. The van der Waals surface area contributed by atoms with Crippen molar-refractivity contribution in [2.24, 2.45) is 0 Å². The zero-order valence-corrected chi connectivity index (χ0v) is 72.1. The predicted octanol–water partition coefficient (Wildman–Crippen LogP) is -21.1. The summed E-state index contributed by atoms with van der Waals surface area (Å²) in [4.78, 5) is 77.1. The Morgan fingerprint density at radius 1 is 0.250 bits per heavy atom. The number of amides is 6. The van der Waals surface area contributed by atoms with Gasteiger partial charge in [0.15, 0.2) is 62.9 Å². The molecule has 0 radical (unpaired) electrons. The quantitative estimate of drug-likeness (QED) is 0.0262. The fourth-order valence-electron chi connectivity index (χ4n) is 16.8. The topological polar surface area (TPSA) is 899 Å². The lowest BCUT2D eigenvalue weighted by molar-refractivity contribution is -0.398. The molecule has 10 fully saturated rings. The number of carbonyl (C=O) groups excluding carboxylic acids is 6. The van der Waals surface area contributed by atoms with Gasteiger partial charge in [0.2, 0.25) is 35.4 Å². The van der Waals surface area contributed by atoms with Crippen molar-refractivity contribution in [3.05, 3.63) is 0 Å². The maximum Gasteiger partial charge on any atom is 0.397 e. The van der Waals surface area contributed by atoms with Crippen LogP contribution in [0.25, 0.3) is 0 Å². The highest BCUT2D eigenvalue weighted by Crippen LogP contribution is 2.41. The highest BCUT2D eigenvalue weighted by Gasteiger charge is 2.62. The third kappa shape index (κ3) is 25.2. The molecule has 60 heteroatoms. The van der Waals surface area contributed by atoms with Crippen molar-refractivity contribution in [1.82, 2.24) is 31.9 Å². The molecule has 0 unspecified atom stereocenters. The van der Waals surface area contributed by atoms with E-state index in [-0.39, 0.29) is 0 Å². The van der Waals surface area contributed by atoms with Crippen LogP contribution in [0, 0.1) is 0 Å². The summed E-state index contributed by atoms with van der Waals surface area (Å²) in [6, 6.07) is -11.5. The Morgan fingerprint density at radius 2 is 0.530 bits per heavy atom. The lowest BCUT2D eigenvalue weighted by Gasteiger charge is -2.51. The van der Waals surface area contributed by atoms with E-state index in [2.05, 4.69) is 36.1 Å². The molecular formula is C72H120N6O53S. The van der Waals surface area contributed by atoms with Crippen molar-refractivity contribution in [3.63, 3.8) is 0 Å². The average molecular weight is 1950 g/mol. The number of rotatable bonds is 35. The molecular weight excluding hydrogens is 1830 g/mol. The maximum atomic E-state index is 13.3. The molecule has 6 amide bonds. The summed E-state index contributed by atoms with van der Waals surface area (Å²) in [5.74, 6) is -5.68. The standard InChI is InChI=1S/C72H120N6O53S/c1-17-39(92)50(103)53(106)69(114-17)112-16-32-58(45(98)33(63(108)115-32)73-18(2)86)126-65-35(75-20(4)88)48(101)57(29(13-84)119-65)127-70-54(107)60(128-72-62(52(105)42(95)26(10-81)118-72)130-68-37(77-22(6)90)47(100)56(28(12-83)121-68)125-66-38(78-23(7)91)49(102)59(30(14-85)122-66)131-132(109,110)111)43(96)31(123-70)15-113-71-61(51(104)41(94)25(9-80)117-71)129-67-36(76-21(5)89)46(99)55(27(11-82)120-67)124-64-34(74-19(3)87)44(97)40(93)24(8-79)116-64/h17,24-72,79-85,92-108H,8-16H2,1-7H3,(H,73,86)(H,74,87)(H,75,88)(H,76,89)(H,77,90)(H,78,91)(H,109,110,111)/t17-,24+,25+,26+,27+,28+,29+,30+,31+,32+,33+,34+,35+,36+,37-,38+,39+,40-,41+,42+,43+,44+,45+,46+,47+,48+,49+,50+,51-,52-,53-,54-,55+,56+,57+,58+,59-,60-,61-,62-,63+,64-,65-,66-,67-,68-,69+,70-,71-,72+/m0/s1. The molecule has 10 aliphatic heterocycles. The molecule has 31 N–H and O–H groups in total. The normalized spacial score (nSPS) is 46.8. The van der Waals surface area contributed by atoms with Crippen LogP contribution in [0.4, 0.5) is 0 Å². The van der Waals surface area contributed by atoms with Gasteiger partial charge in [0, 0.05) is 41.5 Å². The Hall–Kier alpha value is -5.03. The van der Waals surface area contributed by atoms with Gasteiger partial charge in [0.25, 0.3) is 0 Å². The van der Waals surface area contributed by atoms with Gasteiger partial charge in [-0.25, -0.2) is 4.18 Å². The Morgan fingerprint density at radius 3 is 0.917 bits per heavy atom. The average Bonchev–Trinajstić information content (AvgIpc) is 0.762. The van der Waals surface area contributed by atoms with Gasteiger partial charge in [-0.2, -0.15) is 8.42 Å². The predicted molar refractivity (Wildman–Crippen MR) is 408 cm³/mol. The fourth-order valence-corrected chi connectivity index (χ4v) is 17.4. The van der Waals surface area contributed by atoms with Crippen molar-refractivity contribution in [1.29, 1.82) is 0 Å². The molecule has 10 rings (SSSR count). The van der Waals surface area contributed by atoms with Gasteiger partial charge >= 0.3 is 10.4 Å². The molecule has 0 saturated carbocycles. The number of ether oxygens (including phenoxy) is 19. The van der Waals surface area contributed by atoms with E-state index in [1.807, 2.05) is 0 Å². The van der Waals surface area contributed by atoms with E-state index < -0.39 is 412 Å². The van der Waals surface area contributed by atoms with E-state index in [0.717, 1.165) is 41.5 Å². The first kappa shape index (κ1) is 109. The lowest BCUT2D eigenvalue weighted by atomic mass is 9.93. The summed E-state index contributed by atoms with van der Waals surface area (Å²) in [6.07, 6.45) is -93.5. The maximum absolute atomic E-state index is 13.3. The molecule has 132 heavy (non-hydrogen) atoms. The first-order valence-corrected chi connectivity index (χ1v) is 43.0. The van der Waals surface area contributed by atoms with Crippen molar-refractivity contribution in [2.75, 3.05) is 59.5 Å². The van der Waals surface area contributed by atoms with Crippen molar-refractivity contribution in [2.45, 2.75) is 355 Å². The zero-order chi connectivity index (χ0) is 97.6. The Kier molecular flexibility index (Phi) is 39.0. The van der Waals surface area contributed by atoms with Gasteiger partial charge < -0.3 is 244 Å². The van der Waals surface area contributed by atoms with E-state index in [0.29, 0.717) is 0 Å². The highest BCUT2D eigenvalue weighted by atomic mass is 32.3. The number of aliphatic hydroxyl groups excluding tert-OH is 24. The Balaban J connectivity index is 0.996. The number of aliphatic hydroxyl groups is 24. The number of hydrogen-bond donors (Lipinski definition) is 31. The van der Waals surface area contributed by atoms with Crippen molar-refractivity contribution in [3.8, 4) is 0 Å². The van der Waals surface area contributed by atoms with Crippen molar-refractivity contribution < 1.29 is 258 Å². The van der Waals surface area contributed by atoms with Crippen molar-refractivity contribution >= 4 is 45.8 Å². The summed E-state index contributed by atoms with van der Waals surface area (Å²) >= 11 is 0. The Labute approximate surface area is 748 Å². The fraction of sp³-hybridized carbons (Fsp3) is 0.917. The molecule has 50 atom stereocenters. The first-order valence-electron chi connectivity index (χ1n) is 41.6. The minimum atomic E-state index is -5.46. The lowest BCUT2D eigenvalue weighted by Crippen LogP contribution is -2.71. The van der Waals surface area contributed by atoms with Crippen LogP contribution in [0.2, 0.25) is 0 Å². The van der Waals surface area contributed by atoms with Gasteiger partial charge in [-0.3, -0.25) is 33.3 Å². The van der Waals surface area contributed by atoms with Crippen LogP contribution in [0.15, 0.2) is 0 Å². The summed E-state index contributed by atoms with van der Waals surface area (Å²) in [6.45, 7) is -3.58. The van der Waals surface area contributed by atoms with Gasteiger partial charge in [0.05, 0.1) is 65.6 Å². The minimum Gasteiger partial charge on any atom is -0.394 e. The molecule has 10 heterocycles. The van der Waals surface area contributed by atoms with E-state index >= 15 is 0 Å². The van der Waals surface area contributed by atoms with Gasteiger partial charge in [0.1, 0.15) is 238 Å². The first-order chi connectivity index (χ1) is 62.1. The molecule has 0 aromatic rings. The third-order valence-corrected chi connectivity index (χ3v) is 23.9. The Bertz CT molecular complexity index is 3840. The minimum absolute atomic E-state index is 0.822. The summed E-state index contributed by atoms with van der Waals surface area (Å²) < 4.78 is 152. The van der Waals surface area contributed by atoms with E-state index in [1.165, 1.54) is 6.92 Å². The summed E-state index contributed by atoms with van der Waals surface area (Å²) in [7, 11) is -5.46. The monoisotopic (exact) mass is 1950 g/mol. The van der Waals surface area contributed by atoms with E-state index in [1.54, 1.807) is 0 Å².